The number of aryl methyl sites for hydroxylation is 2. The van der Waals surface area contributed by atoms with Gasteiger partial charge in [-0.1, -0.05) is 35.9 Å². The van der Waals surface area contributed by atoms with Crippen molar-refractivity contribution in [1.29, 1.82) is 0 Å². The number of Topliss-reactive ketones (excluding diaryl/α,β-unsaturated/α-hetero) is 1. The SMILES string of the molecule is Cc1ccc(C)c(C(=O)CCC(=O)N[C@@H](C)c2cc3ccccc3o2)c1. The van der Waals surface area contributed by atoms with Gasteiger partial charge in [-0.05, 0) is 44.5 Å². The highest BCUT2D eigenvalue weighted by molar-refractivity contribution is 5.99. The van der Waals surface area contributed by atoms with Gasteiger partial charge in [0.1, 0.15) is 11.3 Å². The van der Waals surface area contributed by atoms with E-state index in [0.717, 1.165) is 22.1 Å². The number of benzene rings is 2. The van der Waals surface area contributed by atoms with Crippen molar-refractivity contribution >= 4 is 22.7 Å². The predicted molar refractivity (Wildman–Crippen MR) is 102 cm³/mol. The van der Waals surface area contributed by atoms with Gasteiger partial charge < -0.3 is 9.73 Å². The second-order valence-corrected chi connectivity index (χ2v) is 6.72. The van der Waals surface area contributed by atoms with Gasteiger partial charge >= 0.3 is 0 Å². The molecule has 4 nitrogen and oxygen atoms in total. The molecule has 0 aliphatic carbocycles. The van der Waals surface area contributed by atoms with E-state index < -0.39 is 0 Å². The summed E-state index contributed by atoms with van der Waals surface area (Å²) in [4.78, 5) is 24.6. The Morgan fingerprint density at radius 3 is 2.58 bits per heavy atom. The maximum atomic E-state index is 12.4. The van der Waals surface area contributed by atoms with Crippen LogP contribution >= 0.6 is 0 Å². The Balaban J connectivity index is 1.58. The number of rotatable bonds is 6. The fourth-order valence-corrected chi connectivity index (χ4v) is 3.00. The van der Waals surface area contributed by atoms with Gasteiger partial charge in [0.15, 0.2) is 5.78 Å². The molecule has 0 saturated carbocycles. The third-order valence-corrected chi connectivity index (χ3v) is 4.52. The van der Waals surface area contributed by atoms with E-state index in [4.69, 9.17) is 4.42 Å². The van der Waals surface area contributed by atoms with Crippen LogP contribution in [0.2, 0.25) is 0 Å². The molecule has 3 aromatic rings. The number of amides is 1. The maximum Gasteiger partial charge on any atom is 0.221 e. The number of fused-ring (bicyclic) bond motifs is 1. The summed E-state index contributed by atoms with van der Waals surface area (Å²) in [6.45, 7) is 5.75. The van der Waals surface area contributed by atoms with Gasteiger partial charge in [-0.2, -0.15) is 0 Å². The van der Waals surface area contributed by atoms with Crippen molar-refractivity contribution in [1.82, 2.24) is 5.32 Å². The number of hydrogen-bond acceptors (Lipinski definition) is 3. The Kier molecular flexibility index (Phi) is 5.21. The molecule has 0 aliphatic rings. The monoisotopic (exact) mass is 349 g/mol. The minimum Gasteiger partial charge on any atom is -0.459 e. The molecule has 2 aromatic carbocycles. The molecule has 0 fully saturated rings. The summed E-state index contributed by atoms with van der Waals surface area (Å²) >= 11 is 0. The van der Waals surface area contributed by atoms with Gasteiger partial charge in [0.05, 0.1) is 6.04 Å². The van der Waals surface area contributed by atoms with Gasteiger partial charge in [0, 0.05) is 23.8 Å². The van der Waals surface area contributed by atoms with Gasteiger partial charge in [-0.25, -0.2) is 0 Å². The molecule has 134 valence electrons. The summed E-state index contributed by atoms with van der Waals surface area (Å²) in [6.07, 6.45) is 0.361. The minimum absolute atomic E-state index is 0.00209. The second-order valence-electron chi connectivity index (χ2n) is 6.72. The van der Waals surface area contributed by atoms with E-state index in [2.05, 4.69) is 5.32 Å². The predicted octanol–water partition coefficient (Wildman–Crippen LogP) is 4.89. The largest absolute Gasteiger partial charge is 0.459 e. The van der Waals surface area contributed by atoms with E-state index in [9.17, 15) is 9.59 Å². The van der Waals surface area contributed by atoms with Crippen molar-refractivity contribution in [3.63, 3.8) is 0 Å². The molecular weight excluding hydrogens is 326 g/mol. The Morgan fingerprint density at radius 2 is 1.81 bits per heavy atom. The van der Waals surface area contributed by atoms with Crippen LogP contribution in [0.5, 0.6) is 0 Å². The summed E-state index contributed by atoms with van der Waals surface area (Å²) in [5.41, 5.74) is 3.48. The third-order valence-electron chi connectivity index (χ3n) is 4.52. The molecule has 3 rings (SSSR count). The first-order valence-electron chi connectivity index (χ1n) is 8.82. The molecule has 1 amide bonds. The number of furan rings is 1. The van der Waals surface area contributed by atoms with E-state index in [0.29, 0.717) is 11.3 Å². The van der Waals surface area contributed by atoms with E-state index >= 15 is 0 Å². The molecule has 0 aliphatic heterocycles. The molecule has 0 spiro atoms. The van der Waals surface area contributed by atoms with Crippen molar-refractivity contribution in [3.05, 3.63) is 71.0 Å². The van der Waals surface area contributed by atoms with Crippen LogP contribution in [0.4, 0.5) is 0 Å². The number of nitrogens with one attached hydrogen (secondary N) is 1. The fraction of sp³-hybridized carbons (Fsp3) is 0.273. The number of carbonyl (C=O) groups is 2. The molecule has 4 heteroatoms. The smallest absolute Gasteiger partial charge is 0.221 e. The normalized spacial score (nSPS) is 12.1. The van der Waals surface area contributed by atoms with Crippen molar-refractivity contribution < 1.29 is 14.0 Å². The lowest BCUT2D eigenvalue weighted by atomic mass is 9.99. The van der Waals surface area contributed by atoms with Crippen molar-refractivity contribution in [2.45, 2.75) is 39.7 Å². The zero-order valence-corrected chi connectivity index (χ0v) is 15.3. The van der Waals surface area contributed by atoms with E-state index in [1.54, 1.807) is 0 Å². The highest BCUT2D eigenvalue weighted by Crippen LogP contribution is 2.23. The molecule has 0 bridgehead atoms. The van der Waals surface area contributed by atoms with E-state index in [1.165, 1.54) is 0 Å². The van der Waals surface area contributed by atoms with Gasteiger partial charge in [0.25, 0.3) is 0 Å². The van der Waals surface area contributed by atoms with Crippen LogP contribution in [-0.4, -0.2) is 11.7 Å². The summed E-state index contributed by atoms with van der Waals surface area (Å²) < 4.78 is 5.77. The second kappa shape index (κ2) is 7.56. The standard InChI is InChI=1S/C22H23NO3/c1-14-8-9-15(2)18(12-14)19(24)10-11-22(25)23-16(3)21-13-17-6-4-5-7-20(17)26-21/h4-9,12-13,16H,10-11H2,1-3H3,(H,23,25)/t16-/m0/s1. The molecule has 26 heavy (non-hydrogen) atoms. The lowest BCUT2D eigenvalue weighted by molar-refractivity contribution is -0.121. The Bertz CT molecular complexity index is 922. The zero-order chi connectivity index (χ0) is 18.7. The zero-order valence-electron chi connectivity index (χ0n) is 15.3. The molecule has 1 atom stereocenters. The summed E-state index contributed by atoms with van der Waals surface area (Å²) in [5, 5.41) is 3.91. The topological polar surface area (TPSA) is 59.3 Å². The van der Waals surface area contributed by atoms with E-state index in [-0.39, 0.29) is 30.6 Å². The lowest BCUT2D eigenvalue weighted by Gasteiger charge is -2.11. The molecule has 1 heterocycles. The van der Waals surface area contributed by atoms with Crippen LogP contribution in [0, 0.1) is 13.8 Å². The van der Waals surface area contributed by atoms with Crippen LogP contribution in [0.15, 0.2) is 52.9 Å². The Morgan fingerprint density at radius 1 is 1.04 bits per heavy atom. The summed E-state index contributed by atoms with van der Waals surface area (Å²) in [7, 11) is 0. The maximum absolute atomic E-state index is 12.4. The molecule has 1 aromatic heterocycles. The first-order chi connectivity index (χ1) is 12.4. The van der Waals surface area contributed by atoms with Crippen LogP contribution in [0.25, 0.3) is 11.0 Å². The van der Waals surface area contributed by atoms with Gasteiger partial charge in [0.2, 0.25) is 5.91 Å². The van der Waals surface area contributed by atoms with Crippen LogP contribution in [0.3, 0.4) is 0 Å². The van der Waals surface area contributed by atoms with E-state index in [1.807, 2.05) is 69.3 Å². The number of ketones is 1. The quantitative estimate of drug-likeness (QED) is 0.645. The first kappa shape index (κ1) is 17.9. The fourth-order valence-electron chi connectivity index (χ4n) is 3.00. The van der Waals surface area contributed by atoms with Gasteiger partial charge in [-0.3, -0.25) is 9.59 Å². The van der Waals surface area contributed by atoms with Gasteiger partial charge in [-0.15, -0.1) is 0 Å². The molecule has 1 N–H and O–H groups in total. The number of hydrogen-bond donors (Lipinski definition) is 1. The summed E-state index contributed by atoms with van der Waals surface area (Å²) in [6, 6.07) is 15.2. The van der Waals surface area contributed by atoms with Crippen molar-refractivity contribution in [2.75, 3.05) is 0 Å². The molecular formula is C22H23NO3. The number of carbonyl (C=O) groups excluding carboxylic acids is 2. The molecule has 0 saturated heterocycles. The van der Waals surface area contributed by atoms with Crippen LogP contribution in [0.1, 0.15) is 53.1 Å². The Hall–Kier alpha value is -2.88. The average Bonchev–Trinajstić information content (AvgIpc) is 3.06. The van der Waals surface area contributed by atoms with Crippen LogP contribution < -0.4 is 5.32 Å². The molecule has 0 radical (unpaired) electrons. The minimum atomic E-state index is -0.245. The first-order valence-corrected chi connectivity index (χ1v) is 8.82. The van der Waals surface area contributed by atoms with Crippen molar-refractivity contribution in [2.24, 2.45) is 0 Å². The third kappa shape index (κ3) is 4.02. The summed E-state index contributed by atoms with van der Waals surface area (Å²) in [5.74, 6) is 0.551. The highest BCUT2D eigenvalue weighted by Gasteiger charge is 2.16. The van der Waals surface area contributed by atoms with Crippen LogP contribution in [-0.2, 0) is 4.79 Å². The average molecular weight is 349 g/mol. The lowest BCUT2D eigenvalue weighted by Crippen LogP contribution is -2.26. The van der Waals surface area contributed by atoms with Crippen molar-refractivity contribution in [3.8, 4) is 0 Å². The Labute approximate surface area is 153 Å². The highest BCUT2D eigenvalue weighted by atomic mass is 16.3. The molecule has 0 unspecified atom stereocenters. The number of para-hydroxylation sites is 1.